The molecule has 1 amide bonds. The molecule has 1 aliphatic carbocycles. The number of benzene rings is 1. The Labute approximate surface area is 95.2 Å². The van der Waals surface area contributed by atoms with Crippen LogP contribution in [0.1, 0.15) is 30.1 Å². The predicted octanol–water partition coefficient (Wildman–Crippen LogP) is 1.36. The summed E-state index contributed by atoms with van der Waals surface area (Å²) in [6.07, 6.45) is 2.40. The van der Waals surface area contributed by atoms with Gasteiger partial charge in [0.25, 0.3) is 5.91 Å². The SMILES string of the molecule is CCN(c1cccc(C(N)=O)c1N)C1CC1. The molecule has 86 valence electrons. The van der Waals surface area contributed by atoms with Gasteiger partial charge in [0.1, 0.15) is 0 Å². The Morgan fingerprint density at radius 1 is 1.50 bits per heavy atom. The molecule has 16 heavy (non-hydrogen) atoms. The first kappa shape index (κ1) is 10.8. The van der Waals surface area contributed by atoms with E-state index in [-0.39, 0.29) is 0 Å². The lowest BCUT2D eigenvalue weighted by molar-refractivity contribution is 0.100. The number of nitrogens with zero attached hydrogens (tertiary/aromatic N) is 1. The van der Waals surface area contributed by atoms with Crippen LogP contribution in [0.2, 0.25) is 0 Å². The summed E-state index contributed by atoms with van der Waals surface area (Å²) in [5.74, 6) is -0.466. The number of nitrogens with two attached hydrogens (primary N) is 2. The number of para-hydroxylation sites is 1. The normalized spacial score (nSPS) is 14.8. The van der Waals surface area contributed by atoms with Gasteiger partial charge < -0.3 is 16.4 Å². The van der Waals surface area contributed by atoms with E-state index in [0.717, 1.165) is 12.2 Å². The Morgan fingerprint density at radius 2 is 2.19 bits per heavy atom. The topological polar surface area (TPSA) is 72.3 Å². The molecule has 0 aliphatic heterocycles. The van der Waals surface area contributed by atoms with Crippen molar-refractivity contribution < 1.29 is 4.79 Å². The van der Waals surface area contributed by atoms with Gasteiger partial charge in [-0.1, -0.05) is 6.07 Å². The molecule has 0 atom stereocenters. The van der Waals surface area contributed by atoms with Crippen LogP contribution in [0.5, 0.6) is 0 Å². The van der Waals surface area contributed by atoms with Crippen molar-refractivity contribution in [3.05, 3.63) is 23.8 Å². The van der Waals surface area contributed by atoms with Gasteiger partial charge in [0, 0.05) is 12.6 Å². The van der Waals surface area contributed by atoms with Crippen molar-refractivity contribution >= 4 is 17.3 Å². The number of rotatable bonds is 4. The maximum atomic E-state index is 11.2. The summed E-state index contributed by atoms with van der Waals surface area (Å²) in [5, 5.41) is 0. The summed E-state index contributed by atoms with van der Waals surface area (Å²) in [4.78, 5) is 13.4. The number of anilines is 2. The molecule has 0 saturated heterocycles. The van der Waals surface area contributed by atoms with Gasteiger partial charge in [0.05, 0.1) is 16.9 Å². The first-order valence-corrected chi connectivity index (χ1v) is 5.60. The van der Waals surface area contributed by atoms with Gasteiger partial charge >= 0.3 is 0 Å². The lowest BCUT2D eigenvalue weighted by Gasteiger charge is -2.25. The van der Waals surface area contributed by atoms with Crippen molar-refractivity contribution in [3.8, 4) is 0 Å². The highest BCUT2D eigenvalue weighted by Crippen LogP contribution is 2.35. The quantitative estimate of drug-likeness (QED) is 0.751. The molecular weight excluding hydrogens is 202 g/mol. The van der Waals surface area contributed by atoms with Crippen molar-refractivity contribution in [2.75, 3.05) is 17.2 Å². The minimum absolute atomic E-state index is 0.414. The van der Waals surface area contributed by atoms with Gasteiger partial charge in [-0.2, -0.15) is 0 Å². The lowest BCUT2D eigenvalue weighted by Crippen LogP contribution is -2.27. The van der Waals surface area contributed by atoms with Gasteiger partial charge in [0.15, 0.2) is 0 Å². The zero-order valence-corrected chi connectivity index (χ0v) is 9.44. The van der Waals surface area contributed by atoms with Crippen LogP contribution in [0, 0.1) is 0 Å². The molecule has 0 unspecified atom stereocenters. The van der Waals surface area contributed by atoms with Gasteiger partial charge in [-0.05, 0) is 31.9 Å². The molecule has 1 saturated carbocycles. The van der Waals surface area contributed by atoms with Gasteiger partial charge in [0.2, 0.25) is 0 Å². The van der Waals surface area contributed by atoms with Crippen LogP contribution in [-0.4, -0.2) is 18.5 Å². The van der Waals surface area contributed by atoms with E-state index < -0.39 is 5.91 Å². The summed E-state index contributed by atoms with van der Waals surface area (Å²) in [6, 6.07) is 6.03. The number of primary amides is 1. The molecule has 1 aromatic carbocycles. The average molecular weight is 219 g/mol. The van der Waals surface area contributed by atoms with E-state index in [9.17, 15) is 4.79 Å². The highest BCUT2D eigenvalue weighted by atomic mass is 16.1. The fraction of sp³-hybridized carbons (Fsp3) is 0.417. The summed E-state index contributed by atoms with van der Waals surface area (Å²) in [5.41, 5.74) is 13.1. The fourth-order valence-electron chi connectivity index (χ4n) is 2.03. The number of carbonyl (C=O) groups is 1. The summed E-state index contributed by atoms with van der Waals surface area (Å²) >= 11 is 0. The number of amides is 1. The Hall–Kier alpha value is -1.71. The first-order valence-electron chi connectivity index (χ1n) is 5.60. The number of hydrogen-bond donors (Lipinski definition) is 2. The molecule has 0 aromatic heterocycles. The summed E-state index contributed by atoms with van der Waals surface area (Å²) in [6.45, 7) is 2.99. The molecule has 0 radical (unpaired) electrons. The standard InChI is InChI=1S/C12H17N3O/c1-2-15(8-6-7-8)10-5-3-4-9(11(10)13)12(14)16/h3-5,8H,2,6-7,13H2,1H3,(H2,14,16). The highest BCUT2D eigenvalue weighted by molar-refractivity contribution is 6.00. The maximum Gasteiger partial charge on any atom is 0.250 e. The zero-order chi connectivity index (χ0) is 11.7. The van der Waals surface area contributed by atoms with E-state index in [1.807, 2.05) is 12.1 Å². The molecule has 4 heteroatoms. The van der Waals surface area contributed by atoms with E-state index in [0.29, 0.717) is 17.3 Å². The van der Waals surface area contributed by atoms with Crippen molar-refractivity contribution in [3.63, 3.8) is 0 Å². The van der Waals surface area contributed by atoms with Crippen LogP contribution in [0.15, 0.2) is 18.2 Å². The van der Waals surface area contributed by atoms with Gasteiger partial charge in [-0.3, -0.25) is 4.79 Å². The third-order valence-corrected chi connectivity index (χ3v) is 2.99. The third-order valence-electron chi connectivity index (χ3n) is 2.99. The van der Waals surface area contributed by atoms with E-state index >= 15 is 0 Å². The molecule has 1 aromatic rings. The molecule has 2 rings (SSSR count). The van der Waals surface area contributed by atoms with Crippen LogP contribution >= 0.6 is 0 Å². The summed E-state index contributed by atoms with van der Waals surface area (Å²) in [7, 11) is 0. The molecular formula is C12H17N3O. The Balaban J connectivity index is 2.39. The molecule has 0 bridgehead atoms. The average Bonchev–Trinajstić information content (AvgIpc) is 3.05. The van der Waals surface area contributed by atoms with Crippen LogP contribution in [-0.2, 0) is 0 Å². The van der Waals surface area contributed by atoms with E-state index in [4.69, 9.17) is 11.5 Å². The second-order valence-electron chi connectivity index (χ2n) is 4.12. The van der Waals surface area contributed by atoms with E-state index in [1.54, 1.807) is 6.07 Å². The second kappa shape index (κ2) is 4.04. The minimum atomic E-state index is -0.466. The molecule has 4 N–H and O–H groups in total. The van der Waals surface area contributed by atoms with Gasteiger partial charge in [-0.15, -0.1) is 0 Å². The van der Waals surface area contributed by atoms with Crippen LogP contribution in [0.25, 0.3) is 0 Å². The van der Waals surface area contributed by atoms with Crippen molar-refractivity contribution in [1.29, 1.82) is 0 Å². The van der Waals surface area contributed by atoms with E-state index in [2.05, 4.69) is 11.8 Å². The van der Waals surface area contributed by atoms with Crippen LogP contribution in [0.4, 0.5) is 11.4 Å². The Morgan fingerprint density at radius 3 is 2.69 bits per heavy atom. The Bertz CT molecular complexity index is 413. The number of nitrogen functional groups attached to an aromatic ring is 1. The molecule has 0 heterocycles. The van der Waals surface area contributed by atoms with Crippen molar-refractivity contribution in [2.24, 2.45) is 5.73 Å². The molecule has 1 aliphatic rings. The maximum absolute atomic E-state index is 11.2. The Kier molecular flexibility index (Phi) is 2.73. The smallest absolute Gasteiger partial charge is 0.250 e. The largest absolute Gasteiger partial charge is 0.396 e. The second-order valence-corrected chi connectivity index (χ2v) is 4.12. The molecule has 1 fully saturated rings. The van der Waals surface area contributed by atoms with Crippen molar-refractivity contribution in [1.82, 2.24) is 0 Å². The predicted molar refractivity (Wildman–Crippen MR) is 65.4 cm³/mol. The van der Waals surface area contributed by atoms with Gasteiger partial charge in [-0.25, -0.2) is 0 Å². The molecule has 0 spiro atoms. The van der Waals surface area contributed by atoms with E-state index in [1.165, 1.54) is 12.8 Å². The summed E-state index contributed by atoms with van der Waals surface area (Å²) < 4.78 is 0. The number of hydrogen-bond acceptors (Lipinski definition) is 3. The zero-order valence-electron chi connectivity index (χ0n) is 9.44. The van der Waals surface area contributed by atoms with Crippen LogP contribution in [0.3, 0.4) is 0 Å². The van der Waals surface area contributed by atoms with Crippen LogP contribution < -0.4 is 16.4 Å². The first-order chi connectivity index (χ1) is 7.65. The third kappa shape index (κ3) is 1.83. The minimum Gasteiger partial charge on any atom is -0.396 e. The molecule has 4 nitrogen and oxygen atoms in total. The fourth-order valence-corrected chi connectivity index (χ4v) is 2.03. The highest BCUT2D eigenvalue weighted by Gasteiger charge is 2.29. The lowest BCUT2D eigenvalue weighted by atomic mass is 10.1. The monoisotopic (exact) mass is 219 g/mol. The number of carbonyl (C=O) groups excluding carboxylic acids is 1. The van der Waals surface area contributed by atoms with Crippen molar-refractivity contribution in [2.45, 2.75) is 25.8 Å².